The van der Waals surface area contributed by atoms with Crippen LogP contribution in [0.4, 0.5) is 15.8 Å². The molecule has 0 bridgehead atoms. The Bertz CT molecular complexity index is 857. The van der Waals surface area contributed by atoms with Gasteiger partial charge in [0, 0.05) is 48.5 Å². The highest BCUT2D eigenvalue weighted by Gasteiger charge is 2.28. The number of likely N-dealkylation sites (tertiary alicyclic amines) is 1. The normalized spacial score (nSPS) is 14.6. The number of anilines is 2. The molecule has 1 aliphatic rings. The maximum atomic E-state index is 13.1. The van der Waals surface area contributed by atoms with Crippen molar-refractivity contribution in [2.45, 2.75) is 39.7 Å². The molecule has 2 aromatic carbocycles. The molecule has 30 heavy (non-hydrogen) atoms. The van der Waals surface area contributed by atoms with Crippen molar-refractivity contribution in [1.29, 1.82) is 0 Å². The minimum absolute atomic E-state index is 0.00663. The number of piperidine rings is 1. The van der Waals surface area contributed by atoms with Gasteiger partial charge >= 0.3 is 0 Å². The number of hydrogen-bond acceptors (Lipinski definition) is 3. The second-order valence-corrected chi connectivity index (χ2v) is 7.99. The molecule has 0 radical (unpaired) electrons. The molecule has 0 aliphatic carbocycles. The first-order chi connectivity index (χ1) is 14.4. The minimum Gasteiger partial charge on any atom is -0.369 e. The van der Waals surface area contributed by atoms with Gasteiger partial charge in [-0.2, -0.15) is 0 Å². The van der Waals surface area contributed by atoms with E-state index in [0.29, 0.717) is 37.5 Å². The van der Waals surface area contributed by atoms with E-state index in [9.17, 15) is 14.0 Å². The number of rotatable bonds is 6. The standard InChI is InChI=1S/C24H30FN3O2/c1-4-28(17(2)3)22-11-9-21(10-12-22)26-23(29)18-13-15-27(16-14-18)24(30)19-5-7-20(25)8-6-19/h5-12,17-18H,4,13-16H2,1-3H3,(H,26,29). The van der Waals surface area contributed by atoms with Crippen molar-refractivity contribution in [3.63, 3.8) is 0 Å². The smallest absolute Gasteiger partial charge is 0.253 e. The number of amides is 2. The number of hydrogen-bond donors (Lipinski definition) is 1. The van der Waals surface area contributed by atoms with Crippen LogP contribution in [0, 0.1) is 11.7 Å². The van der Waals surface area contributed by atoms with E-state index in [0.717, 1.165) is 17.9 Å². The molecule has 0 spiro atoms. The zero-order chi connectivity index (χ0) is 21.7. The number of nitrogens with one attached hydrogen (secondary N) is 1. The topological polar surface area (TPSA) is 52.7 Å². The fourth-order valence-electron chi connectivity index (χ4n) is 3.95. The molecule has 0 unspecified atom stereocenters. The summed E-state index contributed by atoms with van der Waals surface area (Å²) in [7, 11) is 0. The predicted molar refractivity (Wildman–Crippen MR) is 118 cm³/mol. The Kier molecular flexibility index (Phi) is 7.08. The molecule has 3 rings (SSSR count). The van der Waals surface area contributed by atoms with Crippen molar-refractivity contribution in [3.05, 3.63) is 59.9 Å². The SMILES string of the molecule is CCN(c1ccc(NC(=O)C2CCN(C(=O)c3ccc(F)cc3)CC2)cc1)C(C)C. The van der Waals surface area contributed by atoms with Crippen LogP contribution < -0.4 is 10.2 Å². The molecule has 1 N–H and O–H groups in total. The van der Waals surface area contributed by atoms with Crippen LogP contribution >= 0.6 is 0 Å². The number of halogens is 1. The summed E-state index contributed by atoms with van der Waals surface area (Å²) in [5, 5.41) is 3.00. The van der Waals surface area contributed by atoms with E-state index >= 15 is 0 Å². The summed E-state index contributed by atoms with van der Waals surface area (Å²) >= 11 is 0. The van der Waals surface area contributed by atoms with E-state index in [1.165, 1.54) is 24.3 Å². The van der Waals surface area contributed by atoms with Gasteiger partial charge in [-0.15, -0.1) is 0 Å². The fraction of sp³-hybridized carbons (Fsp3) is 0.417. The average Bonchev–Trinajstić information content (AvgIpc) is 2.75. The van der Waals surface area contributed by atoms with E-state index in [2.05, 4.69) is 31.0 Å². The monoisotopic (exact) mass is 411 g/mol. The summed E-state index contributed by atoms with van der Waals surface area (Å²) in [5.74, 6) is -0.603. The Morgan fingerprint density at radius 2 is 1.67 bits per heavy atom. The summed E-state index contributed by atoms with van der Waals surface area (Å²) in [5.41, 5.74) is 2.40. The van der Waals surface area contributed by atoms with Crippen molar-refractivity contribution >= 4 is 23.2 Å². The molecule has 1 saturated heterocycles. The van der Waals surface area contributed by atoms with E-state index < -0.39 is 0 Å². The maximum absolute atomic E-state index is 13.1. The lowest BCUT2D eigenvalue weighted by atomic mass is 9.95. The van der Waals surface area contributed by atoms with Crippen molar-refractivity contribution in [2.24, 2.45) is 5.92 Å². The van der Waals surface area contributed by atoms with Gasteiger partial charge in [0.05, 0.1) is 0 Å². The molecule has 1 fully saturated rings. The van der Waals surface area contributed by atoms with Crippen LogP contribution in [0.2, 0.25) is 0 Å². The molecular weight excluding hydrogens is 381 g/mol. The average molecular weight is 412 g/mol. The lowest BCUT2D eigenvalue weighted by Gasteiger charge is -2.31. The Morgan fingerprint density at radius 3 is 2.20 bits per heavy atom. The van der Waals surface area contributed by atoms with Crippen LogP contribution in [-0.2, 0) is 4.79 Å². The van der Waals surface area contributed by atoms with Gasteiger partial charge in [0.25, 0.3) is 5.91 Å². The Hall–Kier alpha value is -2.89. The number of carbonyl (C=O) groups excluding carboxylic acids is 2. The van der Waals surface area contributed by atoms with E-state index in [-0.39, 0.29) is 23.5 Å². The Morgan fingerprint density at radius 1 is 1.07 bits per heavy atom. The van der Waals surface area contributed by atoms with Gasteiger partial charge in [-0.05, 0) is 82.1 Å². The second kappa shape index (κ2) is 9.74. The fourth-order valence-corrected chi connectivity index (χ4v) is 3.95. The van der Waals surface area contributed by atoms with Gasteiger partial charge in [0.2, 0.25) is 5.91 Å². The lowest BCUT2D eigenvalue weighted by molar-refractivity contribution is -0.121. The molecule has 1 heterocycles. The molecule has 5 nitrogen and oxygen atoms in total. The molecule has 6 heteroatoms. The molecule has 160 valence electrons. The van der Waals surface area contributed by atoms with Gasteiger partial charge in [-0.3, -0.25) is 9.59 Å². The van der Waals surface area contributed by atoms with Crippen LogP contribution in [0.1, 0.15) is 44.0 Å². The van der Waals surface area contributed by atoms with Crippen LogP contribution in [0.15, 0.2) is 48.5 Å². The van der Waals surface area contributed by atoms with Gasteiger partial charge < -0.3 is 15.1 Å². The van der Waals surface area contributed by atoms with Gasteiger partial charge in [0.15, 0.2) is 0 Å². The second-order valence-electron chi connectivity index (χ2n) is 7.99. The summed E-state index contributed by atoms with van der Waals surface area (Å²) in [6.07, 6.45) is 1.24. The van der Waals surface area contributed by atoms with Crippen LogP contribution in [-0.4, -0.2) is 42.4 Å². The zero-order valence-corrected chi connectivity index (χ0v) is 17.9. The number of carbonyl (C=O) groups is 2. The first-order valence-electron chi connectivity index (χ1n) is 10.6. The molecular formula is C24H30FN3O2. The summed E-state index contributed by atoms with van der Waals surface area (Å²) in [6.45, 7) is 8.42. The molecule has 1 aliphatic heterocycles. The Balaban J connectivity index is 1.53. The molecule has 0 atom stereocenters. The lowest BCUT2D eigenvalue weighted by Crippen LogP contribution is -2.41. The van der Waals surface area contributed by atoms with Crippen LogP contribution in [0.5, 0.6) is 0 Å². The highest BCUT2D eigenvalue weighted by molar-refractivity contribution is 5.95. The minimum atomic E-state index is -0.360. The first-order valence-corrected chi connectivity index (χ1v) is 10.6. The third kappa shape index (κ3) is 5.17. The van der Waals surface area contributed by atoms with Gasteiger partial charge in [0.1, 0.15) is 5.82 Å². The highest BCUT2D eigenvalue weighted by Crippen LogP contribution is 2.23. The maximum Gasteiger partial charge on any atom is 0.253 e. The summed E-state index contributed by atoms with van der Waals surface area (Å²) < 4.78 is 13.1. The molecule has 2 aromatic rings. The predicted octanol–water partition coefficient (Wildman–Crippen LogP) is 4.55. The van der Waals surface area contributed by atoms with E-state index in [4.69, 9.17) is 0 Å². The molecule has 0 saturated carbocycles. The van der Waals surface area contributed by atoms with Crippen molar-refractivity contribution < 1.29 is 14.0 Å². The highest BCUT2D eigenvalue weighted by atomic mass is 19.1. The summed E-state index contributed by atoms with van der Waals surface area (Å²) in [6, 6.07) is 13.9. The molecule has 0 aromatic heterocycles. The number of benzene rings is 2. The van der Waals surface area contributed by atoms with Gasteiger partial charge in [-0.1, -0.05) is 0 Å². The number of nitrogens with zero attached hydrogens (tertiary/aromatic N) is 2. The first kappa shape index (κ1) is 21.8. The van der Waals surface area contributed by atoms with Gasteiger partial charge in [-0.25, -0.2) is 4.39 Å². The van der Waals surface area contributed by atoms with Crippen molar-refractivity contribution in [1.82, 2.24) is 4.90 Å². The third-order valence-corrected chi connectivity index (χ3v) is 5.67. The Labute approximate surface area is 177 Å². The van der Waals surface area contributed by atoms with Crippen molar-refractivity contribution in [3.8, 4) is 0 Å². The molecule has 2 amide bonds. The van der Waals surface area contributed by atoms with Crippen molar-refractivity contribution in [2.75, 3.05) is 29.9 Å². The summed E-state index contributed by atoms with van der Waals surface area (Å²) in [4.78, 5) is 29.2. The van der Waals surface area contributed by atoms with E-state index in [1.807, 2.05) is 24.3 Å². The third-order valence-electron chi connectivity index (χ3n) is 5.67. The van der Waals surface area contributed by atoms with Crippen LogP contribution in [0.3, 0.4) is 0 Å². The largest absolute Gasteiger partial charge is 0.369 e. The van der Waals surface area contributed by atoms with Crippen LogP contribution in [0.25, 0.3) is 0 Å². The quantitative estimate of drug-likeness (QED) is 0.759. The van der Waals surface area contributed by atoms with E-state index in [1.54, 1.807) is 4.90 Å². The zero-order valence-electron chi connectivity index (χ0n) is 17.9.